The third-order valence-electron chi connectivity index (χ3n) is 3.73. The number of nitrogens with one attached hydrogen (secondary N) is 1. The maximum atomic E-state index is 12.1. The van der Waals surface area contributed by atoms with E-state index in [1.165, 1.54) is 0 Å². The molecular weight excluding hydrogens is 236 g/mol. The van der Waals surface area contributed by atoms with Crippen molar-refractivity contribution in [3.8, 4) is 0 Å². The zero-order chi connectivity index (χ0) is 14.1. The van der Waals surface area contributed by atoms with E-state index in [2.05, 4.69) is 5.32 Å². The van der Waals surface area contributed by atoms with Gasteiger partial charge >= 0.3 is 0 Å². The molecule has 1 saturated heterocycles. The zero-order valence-electron chi connectivity index (χ0n) is 11.4. The molecule has 0 aromatic heterocycles. The number of hydrogen-bond donors (Lipinski definition) is 3. The largest absolute Gasteiger partial charge is 0.394 e. The Kier molecular flexibility index (Phi) is 4.38. The van der Waals surface area contributed by atoms with Crippen LogP contribution in [0.15, 0.2) is 0 Å². The molecule has 1 aliphatic rings. The van der Waals surface area contributed by atoms with Crippen molar-refractivity contribution in [2.45, 2.75) is 51.2 Å². The number of aliphatic hydroxyl groups is 2. The van der Waals surface area contributed by atoms with E-state index in [1.54, 1.807) is 13.8 Å². The first-order valence-electron chi connectivity index (χ1n) is 6.16. The fourth-order valence-corrected chi connectivity index (χ4v) is 2.62. The van der Waals surface area contributed by atoms with Crippen LogP contribution in [0.5, 0.6) is 0 Å². The van der Waals surface area contributed by atoms with Crippen LogP contribution in [0.4, 0.5) is 0 Å². The molecule has 0 aromatic carbocycles. The summed E-state index contributed by atoms with van der Waals surface area (Å²) < 4.78 is 0. The van der Waals surface area contributed by atoms with Crippen LogP contribution >= 0.6 is 0 Å². The summed E-state index contributed by atoms with van der Waals surface area (Å²) in [5, 5.41) is 33.6. The van der Waals surface area contributed by atoms with Gasteiger partial charge in [-0.05, 0) is 34.1 Å². The number of nitrogens with zero attached hydrogens (tertiary/aromatic N) is 1. The van der Waals surface area contributed by atoms with Crippen molar-refractivity contribution in [3.05, 3.63) is 0 Å². The first-order chi connectivity index (χ1) is 8.16. The summed E-state index contributed by atoms with van der Waals surface area (Å²) in [4.78, 5) is 12.1. The number of carbonyl (C=O) groups is 1. The van der Waals surface area contributed by atoms with Gasteiger partial charge in [0, 0.05) is 5.54 Å². The molecule has 3 N–H and O–H groups in total. The van der Waals surface area contributed by atoms with Crippen molar-refractivity contribution in [1.82, 2.24) is 10.4 Å². The number of amides is 1. The summed E-state index contributed by atoms with van der Waals surface area (Å²) in [7, 11) is 0. The van der Waals surface area contributed by atoms with Crippen LogP contribution in [-0.4, -0.2) is 51.5 Å². The molecule has 1 amide bonds. The Labute approximate surface area is 108 Å². The lowest BCUT2D eigenvalue weighted by Crippen LogP contribution is -2.51. The van der Waals surface area contributed by atoms with Gasteiger partial charge in [0.25, 0.3) is 0 Å². The SMILES string of the molecule is CC1(C)CC(C(=O)NC(CO)CO)C(C)(C)N1[O]. The normalized spacial score (nSPS) is 26.6. The first-order valence-corrected chi connectivity index (χ1v) is 6.16. The lowest BCUT2D eigenvalue weighted by atomic mass is 9.86. The second-order valence-electron chi connectivity index (χ2n) is 6.09. The highest BCUT2D eigenvalue weighted by Gasteiger charge is 2.55. The molecule has 18 heavy (non-hydrogen) atoms. The van der Waals surface area contributed by atoms with Gasteiger partial charge in [-0.1, -0.05) is 0 Å². The predicted molar refractivity (Wildman–Crippen MR) is 64.9 cm³/mol. The van der Waals surface area contributed by atoms with Gasteiger partial charge in [0.1, 0.15) is 0 Å². The smallest absolute Gasteiger partial charge is 0.225 e. The van der Waals surface area contributed by atoms with Crippen LogP contribution in [0.25, 0.3) is 0 Å². The van der Waals surface area contributed by atoms with E-state index in [0.29, 0.717) is 6.42 Å². The van der Waals surface area contributed by atoms with Gasteiger partial charge in [-0.3, -0.25) is 4.79 Å². The molecule has 1 radical (unpaired) electrons. The van der Waals surface area contributed by atoms with Crippen molar-refractivity contribution < 1.29 is 20.2 Å². The average Bonchev–Trinajstić information content (AvgIpc) is 2.46. The lowest BCUT2D eigenvalue weighted by Gasteiger charge is -2.33. The van der Waals surface area contributed by atoms with Crippen LogP contribution in [0.2, 0.25) is 0 Å². The van der Waals surface area contributed by atoms with E-state index >= 15 is 0 Å². The molecule has 1 heterocycles. The molecule has 6 nitrogen and oxygen atoms in total. The standard InChI is InChI=1S/C12H23N2O4/c1-11(2)5-9(12(3,4)14(11)18)10(17)13-8(6-15)7-16/h8-9,15-16H,5-7H2,1-4H3,(H,13,17). The minimum Gasteiger partial charge on any atom is -0.394 e. The Balaban J connectivity index is 2.81. The highest BCUT2D eigenvalue weighted by molar-refractivity contribution is 5.81. The molecule has 0 spiro atoms. The second kappa shape index (κ2) is 5.13. The molecule has 1 fully saturated rings. The Bertz CT molecular complexity index is 313. The molecule has 6 heteroatoms. The summed E-state index contributed by atoms with van der Waals surface area (Å²) >= 11 is 0. The lowest BCUT2D eigenvalue weighted by molar-refractivity contribution is -0.247. The Morgan fingerprint density at radius 3 is 2.17 bits per heavy atom. The van der Waals surface area contributed by atoms with E-state index in [0.717, 1.165) is 5.06 Å². The Hall–Kier alpha value is -0.690. The van der Waals surface area contributed by atoms with Crippen molar-refractivity contribution in [3.63, 3.8) is 0 Å². The Morgan fingerprint density at radius 1 is 1.33 bits per heavy atom. The molecular formula is C12H23N2O4. The maximum absolute atomic E-state index is 12.1. The number of aliphatic hydroxyl groups excluding tert-OH is 2. The van der Waals surface area contributed by atoms with Crippen LogP contribution in [0, 0.1) is 5.92 Å². The fourth-order valence-electron chi connectivity index (χ4n) is 2.62. The maximum Gasteiger partial charge on any atom is 0.225 e. The minimum atomic E-state index is -0.789. The van der Waals surface area contributed by atoms with Gasteiger partial charge in [-0.2, -0.15) is 0 Å². The van der Waals surface area contributed by atoms with Gasteiger partial charge in [0.15, 0.2) is 0 Å². The zero-order valence-corrected chi connectivity index (χ0v) is 11.4. The van der Waals surface area contributed by atoms with Crippen molar-refractivity contribution in [2.75, 3.05) is 13.2 Å². The number of carbonyl (C=O) groups excluding carboxylic acids is 1. The average molecular weight is 259 g/mol. The van der Waals surface area contributed by atoms with E-state index in [9.17, 15) is 10.0 Å². The molecule has 0 bridgehead atoms. The second-order valence-corrected chi connectivity index (χ2v) is 6.09. The van der Waals surface area contributed by atoms with E-state index in [4.69, 9.17) is 10.2 Å². The highest BCUT2D eigenvalue weighted by atomic mass is 16.5. The number of rotatable bonds is 4. The van der Waals surface area contributed by atoms with Crippen LogP contribution in [0.3, 0.4) is 0 Å². The minimum absolute atomic E-state index is 0.292. The Morgan fingerprint density at radius 2 is 1.83 bits per heavy atom. The van der Waals surface area contributed by atoms with Crippen molar-refractivity contribution >= 4 is 5.91 Å². The molecule has 1 aliphatic heterocycles. The van der Waals surface area contributed by atoms with Crippen molar-refractivity contribution in [1.29, 1.82) is 0 Å². The van der Waals surface area contributed by atoms with Crippen LogP contribution < -0.4 is 5.32 Å². The first kappa shape index (κ1) is 15.4. The molecule has 1 atom stereocenters. The molecule has 105 valence electrons. The van der Waals surface area contributed by atoms with Crippen molar-refractivity contribution in [2.24, 2.45) is 5.92 Å². The third-order valence-corrected chi connectivity index (χ3v) is 3.73. The summed E-state index contributed by atoms with van der Waals surface area (Å²) in [5.41, 5.74) is -1.37. The predicted octanol–water partition coefficient (Wildman–Crippen LogP) is -0.320. The topological polar surface area (TPSA) is 92.7 Å². The van der Waals surface area contributed by atoms with E-state index in [-0.39, 0.29) is 19.1 Å². The van der Waals surface area contributed by atoms with Crippen LogP contribution in [0.1, 0.15) is 34.1 Å². The molecule has 0 aliphatic carbocycles. The fraction of sp³-hybridized carbons (Fsp3) is 0.917. The quantitative estimate of drug-likeness (QED) is 0.645. The third kappa shape index (κ3) is 2.66. The molecule has 1 rings (SSSR count). The summed E-state index contributed by atoms with van der Waals surface area (Å²) in [5.74, 6) is -0.745. The monoisotopic (exact) mass is 259 g/mol. The highest BCUT2D eigenvalue weighted by Crippen LogP contribution is 2.43. The van der Waals surface area contributed by atoms with E-state index in [1.807, 2.05) is 13.8 Å². The number of hydroxylamine groups is 2. The molecule has 1 unspecified atom stereocenters. The summed E-state index contributed by atoms with van der Waals surface area (Å²) in [6.07, 6.45) is 0.457. The van der Waals surface area contributed by atoms with Gasteiger partial charge in [0.2, 0.25) is 5.91 Å². The van der Waals surface area contributed by atoms with Gasteiger partial charge < -0.3 is 15.5 Å². The number of hydrogen-bond acceptors (Lipinski definition) is 4. The van der Waals surface area contributed by atoms with Gasteiger partial charge in [-0.15, -0.1) is 10.3 Å². The summed E-state index contributed by atoms with van der Waals surface area (Å²) in [6.45, 7) is 6.47. The van der Waals surface area contributed by atoms with Gasteiger partial charge in [0.05, 0.1) is 30.7 Å². The van der Waals surface area contributed by atoms with Crippen LogP contribution in [-0.2, 0) is 10.0 Å². The summed E-state index contributed by atoms with van der Waals surface area (Å²) in [6, 6.07) is -0.669. The van der Waals surface area contributed by atoms with Gasteiger partial charge in [-0.25, -0.2) is 0 Å². The molecule has 0 saturated carbocycles. The molecule has 0 aromatic rings. The van der Waals surface area contributed by atoms with E-state index < -0.39 is 23.0 Å².